The fraction of sp³-hybridized carbons (Fsp3) is 0.200. The van der Waals surface area contributed by atoms with E-state index in [0.29, 0.717) is 34.2 Å². The Morgan fingerprint density at radius 1 is 1.04 bits per heavy atom. The Balaban J connectivity index is 1.91. The molecule has 27 heavy (non-hydrogen) atoms. The summed E-state index contributed by atoms with van der Waals surface area (Å²) < 4.78 is 16.0. The predicted molar refractivity (Wildman–Crippen MR) is 103 cm³/mol. The number of nitrogens with one attached hydrogen (secondary N) is 1. The van der Waals surface area contributed by atoms with Gasteiger partial charge in [-0.15, -0.1) is 0 Å². The highest BCUT2D eigenvalue weighted by Gasteiger charge is 2.25. The molecule has 0 radical (unpaired) electrons. The molecule has 1 N–H and O–H groups in total. The Morgan fingerprint density at radius 3 is 2.48 bits per heavy atom. The van der Waals surface area contributed by atoms with Crippen molar-refractivity contribution in [3.05, 3.63) is 48.0 Å². The Labute approximate surface area is 157 Å². The van der Waals surface area contributed by atoms with Gasteiger partial charge in [-0.3, -0.25) is 14.5 Å². The first-order valence-electron chi connectivity index (χ1n) is 8.26. The molecule has 0 aliphatic carbocycles. The zero-order valence-electron chi connectivity index (χ0n) is 15.3. The van der Waals surface area contributed by atoms with E-state index in [1.54, 1.807) is 36.4 Å². The number of amides is 2. The van der Waals surface area contributed by atoms with E-state index in [1.165, 1.54) is 32.3 Å². The number of benzene rings is 2. The maximum Gasteiger partial charge on any atom is 0.251 e. The maximum atomic E-state index is 12.7. The lowest BCUT2D eigenvalue weighted by atomic mass is 10.1. The van der Waals surface area contributed by atoms with Crippen LogP contribution in [0, 0.1) is 0 Å². The Morgan fingerprint density at radius 2 is 1.78 bits per heavy atom. The summed E-state index contributed by atoms with van der Waals surface area (Å²) in [4.78, 5) is 26.0. The Bertz CT molecular complexity index is 907. The van der Waals surface area contributed by atoms with E-state index in [2.05, 4.69) is 5.32 Å². The van der Waals surface area contributed by atoms with Crippen molar-refractivity contribution in [1.82, 2.24) is 0 Å². The van der Waals surface area contributed by atoms with Gasteiger partial charge in [-0.05, 0) is 30.3 Å². The number of carbonyl (C=O) groups excluding carboxylic acids is 2. The average Bonchev–Trinajstić information content (AvgIpc) is 2.70. The lowest BCUT2D eigenvalue weighted by molar-refractivity contribution is -0.119. The topological polar surface area (TPSA) is 77.1 Å². The van der Waals surface area contributed by atoms with Gasteiger partial charge in [-0.2, -0.15) is 0 Å². The van der Waals surface area contributed by atoms with Crippen LogP contribution in [0.15, 0.2) is 42.5 Å². The van der Waals surface area contributed by atoms with Gasteiger partial charge in [0.05, 0.1) is 32.7 Å². The van der Waals surface area contributed by atoms with E-state index < -0.39 is 0 Å². The molecule has 2 amide bonds. The van der Waals surface area contributed by atoms with Gasteiger partial charge < -0.3 is 19.5 Å². The third-order valence-corrected chi connectivity index (χ3v) is 4.18. The van der Waals surface area contributed by atoms with Crippen molar-refractivity contribution >= 4 is 29.3 Å². The lowest BCUT2D eigenvalue weighted by Crippen LogP contribution is -2.41. The van der Waals surface area contributed by atoms with Gasteiger partial charge in [0.2, 0.25) is 11.7 Å². The van der Waals surface area contributed by atoms with Crippen LogP contribution in [0.4, 0.5) is 11.4 Å². The molecule has 3 rings (SSSR count). The lowest BCUT2D eigenvalue weighted by Gasteiger charge is -2.28. The molecule has 140 valence electrons. The molecular formula is C20H20N2O5. The summed E-state index contributed by atoms with van der Waals surface area (Å²) >= 11 is 0. The van der Waals surface area contributed by atoms with Gasteiger partial charge in [0, 0.05) is 11.6 Å². The minimum absolute atomic E-state index is 0.0384. The third kappa shape index (κ3) is 3.57. The summed E-state index contributed by atoms with van der Waals surface area (Å²) in [5.74, 6) is 0.878. The van der Waals surface area contributed by atoms with Crippen LogP contribution < -0.4 is 24.4 Å². The number of anilines is 2. The highest BCUT2D eigenvalue weighted by molar-refractivity contribution is 6.13. The molecule has 1 heterocycles. The second-order valence-electron chi connectivity index (χ2n) is 5.75. The average molecular weight is 368 g/mol. The van der Waals surface area contributed by atoms with Crippen molar-refractivity contribution in [3.8, 4) is 17.2 Å². The molecule has 0 saturated heterocycles. The quantitative estimate of drug-likeness (QED) is 0.821. The van der Waals surface area contributed by atoms with Crippen LogP contribution in [0.1, 0.15) is 5.56 Å². The van der Waals surface area contributed by atoms with Crippen LogP contribution in [-0.2, 0) is 9.59 Å². The fourth-order valence-corrected chi connectivity index (χ4v) is 2.94. The Kier molecular flexibility index (Phi) is 5.30. The monoisotopic (exact) mass is 368 g/mol. The number of hydrogen-bond acceptors (Lipinski definition) is 5. The van der Waals surface area contributed by atoms with Crippen molar-refractivity contribution < 1.29 is 23.8 Å². The molecule has 0 unspecified atom stereocenters. The van der Waals surface area contributed by atoms with Crippen molar-refractivity contribution in [3.63, 3.8) is 0 Å². The van der Waals surface area contributed by atoms with Gasteiger partial charge in [0.15, 0.2) is 11.5 Å². The number of methoxy groups -OCH3 is 3. The number of carbonyl (C=O) groups is 2. The minimum Gasteiger partial charge on any atom is -0.493 e. The summed E-state index contributed by atoms with van der Waals surface area (Å²) in [6.45, 7) is -0.0384. The highest BCUT2D eigenvalue weighted by Crippen LogP contribution is 2.40. The molecule has 7 heteroatoms. The Hall–Kier alpha value is -3.48. The number of fused-ring (bicyclic) bond motifs is 1. The van der Waals surface area contributed by atoms with Gasteiger partial charge in [0.25, 0.3) is 5.91 Å². The van der Waals surface area contributed by atoms with Crippen LogP contribution in [0.5, 0.6) is 17.2 Å². The van der Waals surface area contributed by atoms with Gasteiger partial charge in [-0.1, -0.05) is 12.1 Å². The molecule has 0 aromatic heterocycles. The van der Waals surface area contributed by atoms with E-state index in [0.717, 1.165) is 0 Å². The third-order valence-electron chi connectivity index (χ3n) is 4.18. The fourth-order valence-electron chi connectivity index (χ4n) is 2.94. The van der Waals surface area contributed by atoms with Crippen molar-refractivity contribution in [1.29, 1.82) is 0 Å². The number of para-hydroxylation sites is 2. The predicted octanol–water partition coefficient (Wildman–Crippen LogP) is 2.71. The molecule has 0 fully saturated rings. The summed E-state index contributed by atoms with van der Waals surface area (Å²) in [7, 11) is 4.57. The van der Waals surface area contributed by atoms with Gasteiger partial charge in [0.1, 0.15) is 6.54 Å². The first kappa shape index (κ1) is 18.3. The van der Waals surface area contributed by atoms with Gasteiger partial charge >= 0.3 is 0 Å². The van der Waals surface area contributed by atoms with Crippen molar-refractivity contribution in [2.45, 2.75) is 0 Å². The van der Waals surface area contributed by atoms with Gasteiger partial charge in [-0.25, -0.2) is 0 Å². The van der Waals surface area contributed by atoms with Crippen LogP contribution in [0.2, 0.25) is 0 Å². The summed E-state index contributed by atoms with van der Waals surface area (Å²) in [5.41, 5.74) is 1.92. The SMILES string of the molecule is COc1ccc(/C=C/C(=O)N2CC(=O)Nc3ccccc32)c(OC)c1OC. The highest BCUT2D eigenvalue weighted by atomic mass is 16.5. The van der Waals surface area contributed by atoms with Crippen LogP contribution in [0.25, 0.3) is 6.08 Å². The zero-order chi connectivity index (χ0) is 19.4. The maximum absolute atomic E-state index is 12.7. The van der Waals surface area contributed by atoms with E-state index >= 15 is 0 Å². The molecule has 1 aliphatic heterocycles. The number of rotatable bonds is 5. The van der Waals surface area contributed by atoms with E-state index in [1.807, 2.05) is 6.07 Å². The van der Waals surface area contributed by atoms with E-state index in [4.69, 9.17) is 14.2 Å². The molecule has 2 aromatic carbocycles. The zero-order valence-corrected chi connectivity index (χ0v) is 15.3. The smallest absolute Gasteiger partial charge is 0.251 e. The molecular weight excluding hydrogens is 348 g/mol. The minimum atomic E-state index is -0.311. The first-order valence-corrected chi connectivity index (χ1v) is 8.26. The van der Waals surface area contributed by atoms with Crippen LogP contribution in [-0.4, -0.2) is 39.7 Å². The summed E-state index contributed by atoms with van der Waals surface area (Å²) in [6, 6.07) is 10.7. The molecule has 7 nitrogen and oxygen atoms in total. The standard InChI is InChI=1S/C20H20N2O5/c1-25-16-10-8-13(19(26-2)20(16)27-3)9-11-18(24)22-12-17(23)21-14-6-4-5-7-15(14)22/h4-11H,12H2,1-3H3,(H,21,23)/b11-9+. The normalized spacial score (nSPS) is 13.1. The molecule has 2 aromatic rings. The van der Waals surface area contributed by atoms with Crippen LogP contribution in [0.3, 0.4) is 0 Å². The molecule has 0 atom stereocenters. The second-order valence-corrected chi connectivity index (χ2v) is 5.75. The second kappa shape index (κ2) is 7.82. The molecule has 0 saturated carbocycles. The largest absolute Gasteiger partial charge is 0.493 e. The molecule has 1 aliphatic rings. The first-order chi connectivity index (χ1) is 13.1. The van der Waals surface area contributed by atoms with Crippen molar-refractivity contribution in [2.75, 3.05) is 38.1 Å². The molecule has 0 bridgehead atoms. The van der Waals surface area contributed by atoms with Crippen LogP contribution >= 0.6 is 0 Å². The van der Waals surface area contributed by atoms with E-state index in [9.17, 15) is 9.59 Å². The number of nitrogens with zero attached hydrogens (tertiary/aromatic N) is 1. The number of hydrogen-bond donors (Lipinski definition) is 1. The van der Waals surface area contributed by atoms with E-state index in [-0.39, 0.29) is 18.4 Å². The summed E-state index contributed by atoms with van der Waals surface area (Å²) in [5, 5.41) is 2.76. The summed E-state index contributed by atoms with van der Waals surface area (Å²) in [6.07, 6.45) is 3.03. The van der Waals surface area contributed by atoms with Crippen molar-refractivity contribution in [2.24, 2.45) is 0 Å². The number of ether oxygens (including phenoxy) is 3. The molecule has 0 spiro atoms.